The molecule has 1 saturated carbocycles. The summed E-state index contributed by atoms with van der Waals surface area (Å²) in [4.78, 5) is 40.6. The first-order chi connectivity index (χ1) is 15.9. The highest BCUT2D eigenvalue weighted by atomic mass is 19.1. The van der Waals surface area contributed by atoms with E-state index < -0.39 is 17.3 Å². The Morgan fingerprint density at radius 3 is 2.39 bits per heavy atom. The minimum absolute atomic E-state index is 0.0863. The molecule has 0 bridgehead atoms. The van der Waals surface area contributed by atoms with Gasteiger partial charge in [-0.3, -0.25) is 14.4 Å². The van der Waals surface area contributed by atoms with E-state index in [1.165, 1.54) is 17.0 Å². The lowest BCUT2D eigenvalue weighted by atomic mass is 10.1. The van der Waals surface area contributed by atoms with Gasteiger partial charge in [0.15, 0.2) is 0 Å². The van der Waals surface area contributed by atoms with Crippen LogP contribution in [-0.2, 0) is 4.79 Å². The molecule has 1 saturated heterocycles. The number of nitrogens with one attached hydrogen (secondary N) is 1. The first-order valence-electron chi connectivity index (χ1n) is 10.7. The van der Waals surface area contributed by atoms with Crippen LogP contribution < -0.4 is 16.0 Å². The highest BCUT2D eigenvalue weighted by molar-refractivity contribution is 5.95. The molecule has 9 nitrogen and oxygen atoms in total. The van der Waals surface area contributed by atoms with Gasteiger partial charge in [0.25, 0.3) is 11.5 Å². The normalized spacial score (nSPS) is 17.2. The van der Waals surface area contributed by atoms with Crippen LogP contribution in [0.15, 0.2) is 47.3 Å². The van der Waals surface area contributed by atoms with Crippen LogP contribution in [0.4, 0.5) is 4.39 Å². The monoisotopic (exact) mass is 451 g/mol. The number of ether oxygens (including phenoxy) is 1. The van der Waals surface area contributed by atoms with Crippen LogP contribution in [0.5, 0.6) is 11.6 Å². The summed E-state index contributed by atoms with van der Waals surface area (Å²) in [6.07, 6.45) is 1.37. The van der Waals surface area contributed by atoms with E-state index in [1.54, 1.807) is 29.2 Å². The highest BCUT2D eigenvalue weighted by Gasteiger charge is 2.48. The van der Waals surface area contributed by atoms with Gasteiger partial charge in [0.2, 0.25) is 11.8 Å². The zero-order valence-electron chi connectivity index (χ0n) is 17.7. The van der Waals surface area contributed by atoms with Gasteiger partial charge < -0.3 is 20.3 Å². The number of carbonyl (C=O) groups is 2. The number of aromatic amines is 1. The standard InChI is InChI=1S/C23H22FN5O4/c24-18-6-5-14(33-20-16-4-2-1-3-15(16)19(30)26-27-20)13-17(18)21(31)28-9-11-29(12-10-28)22(32)23(25)7-8-23/h1-6,13H,7-12,25H2,(H,26,30). The lowest BCUT2D eigenvalue weighted by Crippen LogP contribution is -2.55. The number of halogens is 1. The summed E-state index contributed by atoms with van der Waals surface area (Å²) in [5.41, 5.74) is 4.75. The number of H-pyrrole nitrogens is 1. The fourth-order valence-electron chi connectivity index (χ4n) is 3.96. The van der Waals surface area contributed by atoms with Crippen molar-refractivity contribution in [2.75, 3.05) is 26.2 Å². The fourth-order valence-corrected chi connectivity index (χ4v) is 3.96. The van der Waals surface area contributed by atoms with Crippen molar-refractivity contribution in [1.29, 1.82) is 0 Å². The molecule has 0 spiro atoms. The minimum atomic E-state index is -0.746. The van der Waals surface area contributed by atoms with Crippen LogP contribution in [0.1, 0.15) is 23.2 Å². The van der Waals surface area contributed by atoms with Crippen molar-refractivity contribution in [3.8, 4) is 11.6 Å². The number of piperazine rings is 1. The van der Waals surface area contributed by atoms with Gasteiger partial charge in [0.05, 0.1) is 21.9 Å². The van der Waals surface area contributed by atoms with Crippen molar-refractivity contribution in [3.05, 3.63) is 64.2 Å². The van der Waals surface area contributed by atoms with E-state index in [9.17, 15) is 18.8 Å². The number of amides is 2. The lowest BCUT2D eigenvalue weighted by Gasteiger charge is -2.36. The third-order valence-corrected chi connectivity index (χ3v) is 6.11. The molecule has 1 aromatic heterocycles. The maximum absolute atomic E-state index is 14.5. The molecule has 3 N–H and O–H groups in total. The van der Waals surface area contributed by atoms with E-state index >= 15 is 0 Å². The fraction of sp³-hybridized carbons (Fsp3) is 0.304. The van der Waals surface area contributed by atoms with Gasteiger partial charge in [-0.1, -0.05) is 12.1 Å². The molecule has 2 aromatic carbocycles. The Labute approximate surface area is 187 Å². The molecule has 2 amide bonds. The van der Waals surface area contributed by atoms with Gasteiger partial charge in [0, 0.05) is 26.2 Å². The van der Waals surface area contributed by atoms with E-state index in [-0.39, 0.29) is 41.7 Å². The van der Waals surface area contributed by atoms with Crippen LogP contribution in [0.25, 0.3) is 10.8 Å². The van der Waals surface area contributed by atoms with Crippen molar-refractivity contribution < 1.29 is 18.7 Å². The van der Waals surface area contributed by atoms with Crippen molar-refractivity contribution in [3.63, 3.8) is 0 Å². The number of benzene rings is 2. The van der Waals surface area contributed by atoms with Crippen LogP contribution >= 0.6 is 0 Å². The highest BCUT2D eigenvalue weighted by Crippen LogP contribution is 2.34. The molecule has 2 heterocycles. The molecular weight excluding hydrogens is 429 g/mol. The van der Waals surface area contributed by atoms with Gasteiger partial charge in [-0.05, 0) is 43.2 Å². The first-order valence-corrected chi connectivity index (χ1v) is 10.7. The smallest absolute Gasteiger partial charge is 0.272 e. The second kappa shape index (κ2) is 7.96. The summed E-state index contributed by atoms with van der Waals surface area (Å²) in [6, 6.07) is 10.7. The van der Waals surface area contributed by atoms with E-state index in [4.69, 9.17) is 10.5 Å². The average Bonchev–Trinajstić information content (AvgIpc) is 3.60. The third kappa shape index (κ3) is 3.93. The molecule has 1 aliphatic heterocycles. The predicted molar refractivity (Wildman–Crippen MR) is 117 cm³/mol. The predicted octanol–water partition coefficient (Wildman–Crippen LogP) is 1.63. The van der Waals surface area contributed by atoms with Crippen molar-refractivity contribution in [1.82, 2.24) is 20.0 Å². The molecular formula is C23H22FN5O4. The Morgan fingerprint density at radius 1 is 1.03 bits per heavy atom. The number of nitrogens with two attached hydrogens (primary N) is 1. The summed E-state index contributed by atoms with van der Waals surface area (Å²) >= 11 is 0. The zero-order chi connectivity index (χ0) is 23.2. The number of carbonyl (C=O) groups excluding carboxylic acids is 2. The number of aromatic nitrogens is 2. The molecule has 0 atom stereocenters. The Morgan fingerprint density at radius 2 is 1.70 bits per heavy atom. The Balaban J connectivity index is 1.33. The van der Waals surface area contributed by atoms with Gasteiger partial charge in [-0.15, -0.1) is 5.10 Å². The van der Waals surface area contributed by atoms with Crippen molar-refractivity contribution in [2.24, 2.45) is 5.73 Å². The Hall–Kier alpha value is -3.79. The van der Waals surface area contributed by atoms with E-state index in [2.05, 4.69) is 10.2 Å². The Bertz CT molecular complexity index is 1310. The Kier molecular flexibility index (Phi) is 5.09. The van der Waals surface area contributed by atoms with Gasteiger partial charge in [-0.25, -0.2) is 9.49 Å². The molecule has 1 aliphatic carbocycles. The maximum Gasteiger partial charge on any atom is 0.272 e. The minimum Gasteiger partial charge on any atom is -0.437 e. The maximum atomic E-state index is 14.5. The molecule has 0 radical (unpaired) electrons. The first kappa shape index (κ1) is 21.1. The van der Waals surface area contributed by atoms with Crippen LogP contribution in [0.3, 0.4) is 0 Å². The van der Waals surface area contributed by atoms with Crippen LogP contribution in [-0.4, -0.2) is 63.5 Å². The number of rotatable bonds is 4. The number of hydrogen-bond donors (Lipinski definition) is 2. The third-order valence-electron chi connectivity index (χ3n) is 6.11. The van der Waals surface area contributed by atoms with E-state index in [1.807, 2.05) is 0 Å². The summed E-state index contributed by atoms with van der Waals surface area (Å²) in [6.45, 7) is 1.29. The summed E-state index contributed by atoms with van der Waals surface area (Å²) < 4.78 is 20.3. The van der Waals surface area contributed by atoms with Crippen molar-refractivity contribution >= 4 is 22.6 Å². The summed E-state index contributed by atoms with van der Waals surface area (Å²) in [5, 5.41) is 7.21. The molecule has 2 aliphatic rings. The second-order valence-corrected chi connectivity index (χ2v) is 8.39. The molecule has 33 heavy (non-hydrogen) atoms. The van der Waals surface area contributed by atoms with E-state index in [0.717, 1.165) is 6.07 Å². The lowest BCUT2D eigenvalue weighted by molar-refractivity contribution is -0.135. The van der Waals surface area contributed by atoms with Crippen LogP contribution in [0.2, 0.25) is 0 Å². The number of fused-ring (bicyclic) bond motifs is 1. The molecule has 5 rings (SSSR count). The number of hydrogen-bond acceptors (Lipinski definition) is 6. The summed E-state index contributed by atoms with van der Waals surface area (Å²) in [7, 11) is 0. The van der Waals surface area contributed by atoms with Gasteiger partial charge in [0.1, 0.15) is 11.6 Å². The number of nitrogens with zero attached hydrogens (tertiary/aromatic N) is 3. The topological polar surface area (TPSA) is 122 Å². The van der Waals surface area contributed by atoms with Crippen molar-refractivity contribution in [2.45, 2.75) is 18.4 Å². The molecule has 2 fully saturated rings. The molecule has 0 unspecified atom stereocenters. The van der Waals surface area contributed by atoms with Gasteiger partial charge in [-0.2, -0.15) is 0 Å². The average molecular weight is 451 g/mol. The van der Waals surface area contributed by atoms with Crippen LogP contribution in [0, 0.1) is 5.82 Å². The quantitative estimate of drug-likeness (QED) is 0.622. The molecule has 3 aromatic rings. The second-order valence-electron chi connectivity index (χ2n) is 8.39. The SMILES string of the molecule is NC1(C(=O)N2CCN(C(=O)c3cc(Oc4n[nH]c(=O)c5ccccc45)ccc3F)CC2)CC1. The summed E-state index contributed by atoms with van der Waals surface area (Å²) in [5.74, 6) is -0.908. The molecule has 10 heteroatoms. The molecule has 170 valence electrons. The zero-order valence-corrected chi connectivity index (χ0v) is 17.7. The van der Waals surface area contributed by atoms with E-state index in [0.29, 0.717) is 36.7 Å². The largest absolute Gasteiger partial charge is 0.437 e. The van der Waals surface area contributed by atoms with Gasteiger partial charge >= 0.3 is 0 Å².